The van der Waals surface area contributed by atoms with Gasteiger partial charge in [0.1, 0.15) is 5.76 Å². The first-order valence-electron chi connectivity index (χ1n) is 8.50. The number of hydrogen-bond acceptors (Lipinski definition) is 5. The Hall–Kier alpha value is -3.06. The van der Waals surface area contributed by atoms with Gasteiger partial charge >= 0.3 is 0 Å². The number of aromatic nitrogens is 3. The van der Waals surface area contributed by atoms with Crippen LogP contribution in [0.4, 0.5) is 5.69 Å². The number of carbonyl (C=O) groups excluding carboxylic acids is 1. The van der Waals surface area contributed by atoms with Crippen molar-refractivity contribution in [2.45, 2.75) is 24.8 Å². The number of hydrogen-bond donors (Lipinski definition) is 2. The highest BCUT2D eigenvalue weighted by atomic mass is 32.2. The van der Waals surface area contributed by atoms with Crippen molar-refractivity contribution >= 4 is 34.3 Å². The number of amides is 1. The van der Waals surface area contributed by atoms with Crippen molar-refractivity contribution in [3.63, 3.8) is 0 Å². The predicted octanol–water partition coefficient (Wildman–Crippen LogP) is 4.71. The summed E-state index contributed by atoms with van der Waals surface area (Å²) in [4.78, 5) is 24.4. The molecule has 0 saturated heterocycles. The summed E-state index contributed by atoms with van der Waals surface area (Å²) in [5, 5.41) is 4.57. The summed E-state index contributed by atoms with van der Waals surface area (Å²) in [6.07, 6.45) is 1.84. The van der Waals surface area contributed by atoms with Crippen molar-refractivity contribution in [1.29, 1.82) is 0 Å². The SMILES string of the molecule is Cc1cc(C)nc(SCc2ccc(C(=O)Nc3cccc4[nH]ccc34)o2)n1. The molecule has 0 fully saturated rings. The molecule has 4 aromatic rings. The summed E-state index contributed by atoms with van der Waals surface area (Å²) >= 11 is 1.48. The molecule has 7 heteroatoms. The van der Waals surface area contributed by atoms with E-state index in [2.05, 4.69) is 20.3 Å². The van der Waals surface area contributed by atoms with Gasteiger partial charge in [0, 0.05) is 28.5 Å². The van der Waals surface area contributed by atoms with E-state index in [1.165, 1.54) is 11.8 Å². The molecule has 0 spiro atoms. The minimum Gasteiger partial charge on any atom is -0.455 e. The zero-order valence-electron chi connectivity index (χ0n) is 14.9. The molecular weight excluding hydrogens is 360 g/mol. The van der Waals surface area contributed by atoms with Gasteiger partial charge in [0.05, 0.1) is 11.4 Å². The van der Waals surface area contributed by atoms with E-state index in [1.54, 1.807) is 12.1 Å². The Morgan fingerprint density at radius 2 is 1.96 bits per heavy atom. The third-order valence-electron chi connectivity index (χ3n) is 4.03. The molecule has 1 amide bonds. The summed E-state index contributed by atoms with van der Waals surface area (Å²) in [6, 6.07) is 13.1. The smallest absolute Gasteiger partial charge is 0.291 e. The second kappa shape index (κ2) is 7.28. The molecule has 6 nitrogen and oxygen atoms in total. The number of aromatic amines is 1. The first-order chi connectivity index (χ1) is 13.1. The van der Waals surface area contributed by atoms with Gasteiger partial charge in [0.2, 0.25) is 0 Å². The van der Waals surface area contributed by atoms with Crippen LogP contribution in [-0.2, 0) is 5.75 Å². The van der Waals surface area contributed by atoms with E-state index in [-0.39, 0.29) is 11.7 Å². The van der Waals surface area contributed by atoms with Gasteiger partial charge in [-0.3, -0.25) is 4.79 Å². The number of thioether (sulfide) groups is 1. The molecule has 1 aromatic carbocycles. The van der Waals surface area contributed by atoms with Crippen LogP contribution < -0.4 is 5.32 Å². The lowest BCUT2D eigenvalue weighted by atomic mass is 10.2. The van der Waals surface area contributed by atoms with Crippen LogP contribution in [-0.4, -0.2) is 20.9 Å². The van der Waals surface area contributed by atoms with Crippen LogP contribution >= 0.6 is 11.8 Å². The molecule has 2 N–H and O–H groups in total. The number of nitrogens with zero attached hydrogens (tertiary/aromatic N) is 2. The molecule has 27 heavy (non-hydrogen) atoms. The Balaban J connectivity index is 1.44. The molecule has 4 rings (SSSR count). The van der Waals surface area contributed by atoms with E-state index >= 15 is 0 Å². The number of benzene rings is 1. The van der Waals surface area contributed by atoms with E-state index in [0.29, 0.717) is 16.7 Å². The highest BCUT2D eigenvalue weighted by Crippen LogP contribution is 2.24. The minimum atomic E-state index is -0.275. The highest BCUT2D eigenvalue weighted by molar-refractivity contribution is 7.98. The van der Waals surface area contributed by atoms with Crippen LogP contribution in [0.15, 0.2) is 58.2 Å². The number of nitrogens with one attached hydrogen (secondary N) is 2. The Labute approximate surface area is 160 Å². The first kappa shape index (κ1) is 17.4. The molecular formula is C20H18N4O2S. The van der Waals surface area contributed by atoms with E-state index in [1.807, 2.05) is 50.4 Å². The van der Waals surface area contributed by atoms with Gasteiger partial charge in [-0.1, -0.05) is 17.8 Å². The van der Waals surface area contributed by atoms with Crippen molar-refractivity contribution in [3.05, 3.63) is 71.6 Å². The molecule has 3 aromatic heterocycles. The number of fused-ring (bicyclic) bond motifs is 1. The fourth-order valence-electron chi connectivity index (χ4n) is 2.85. The average Bonchev–Trinajstić information content (AvgIpc) is 3.29. The maximum absolute atomic E-state index is 12.5. The van der Waals surface area contributed by atoms with Crippen molar-refractivity contribution in [2.75, 3.05) is 5.32 Å². The molecule has 0 atom stereocenters. The van der Waals surface area contributed by atoms with Crippen LogP contribution in [0.25, 0.3) is 10.9 Å². The topological polar surface area (TPSA) is 83.8 Å². The third kappa shape index (κ3) is 3.88. The van der Waals surface area contributed by atoms with Crippen molar-refractivity contribution < 1.29 is 9.21 Å². The lowest BCUT2D eigenvalue weighted by Crippen LogP contribution is -2.10. The third-order valence-corrected chi connectivity index (χ3v) is 4.90. The summed E-state index contributed by atoms with van der Waals surface area (Å²) in [5.74, 6) is 1.26. The zero-order chi connectivity index (χ0) is 18.8. The minimum absolute atomic E-state index is 0.275. The summed E-state index contributed by atoms with van der Waals surface area (Å²) in [6.45, 7) is 3.89. The van der Waals surface area contributed by atoms with E-state index in [4.69, 9.17) is 4.42 Å². The van der Waals surface area contributed by atoms with Gasteiger partial charge in [0.25, 0.3) is 5.91 Å². The van der Waals surface area contributed by atoms with Crippen LogP contribution in [0.3, 0.4) is 0 Å². The van der Waals surface area contributed by atoms with Crippen molar-refractivity contribution in [3.8, 4) is 0 Å². The molecule has 136 valence electrons. The summed E-state index contributed by atoms with van der Waals surface area (Å²) in [7, 11) is 0. The normalized spacial score (nSPS) is 11.0. The van der Waals surface area contributed by atoms with Gasteiger partial charge < -0.3 is 14.7 Å². The number of furan rings is 1. The number of carbonyl (C=O) groups is 1. The predicted molar refractivity (Wildman–Crippen MR) is 106 cm³/mol. The molecule has 0 aliphatic heterocycles. The van der Waals surface area contributed by atoms with Crippen LogP contribution in [0.5, 0.6) is 0 Å². The van der Waals surface area contributed by atoms with Crippen LogP contribution in [0.2, 0.25) is 0 Å². The summed E-state index contributed by atoms with van der Waals surface area (Å²) in [5.41, 5.74) is 3.58. The Morgan fingerprint density at radius 1 is 1.15 bits per heavy atom. The van der Waals surface area contributed by atoms with Crippen LogP contribution in [0, 0.1) is 13.8 Å². The maximum atomic E-state index is 12.5. The van der Waals surface area contributed by atoms with E-state index in [9.17, 15) is 4.79 Å². The maximum Gasteiger partial charge on any atom is 0.291 e. The quantitative estimate of drug-likeness (QED) is 0.388. The number of H-pyrrole nitrogens is 1. The lowest BCUT2D eigenvalue weighted by molar-refractivity contribution is 0.0995. The molecule has 0 unspecified atom stereocenters. The Bertz CT molecular complexity index is 1100. The second-order valence-electron chi connectivity index (χ2n) is 6.19. The largest absolute Gasteiger partial charge is 0.455 e. The fourth-order valence-corrected chi connectivity index (χ4v) is 3.69. The Morgan fingerprint density at radius 3 is 2.78 bits per heavy atom. The first-order valence-corrected chi connectivity index (χ1v) is 9.48. The zero-order valence-corrected chi connectivity index (χ0v) is 15.8. The molecule has 0 saturated carbocycles. The lowest BCUT2D eigenvalue weighted by Gasteiger charge is -2.05. The average molecular weight is 378 g/mol. The van der Waals surface area contributed by atoms with Gasteiger partial charge in [-0.2, -0.15) is 0 Å². The molecule has 0 radical (unpaired) electrons. The molecule has 0 aliphatic rings. The van der Waals surface area contributed by atoms with Crippen molar-refractivity contribution in [1.82, 2.24) is 15.0 Å². The molecule has 0 aliphatic carbocycles. The fraction of sp³-hybridized carbons (Fsp3) is 0.150. The molecule has 0 bridgehead atoms. The standard InChI is InChI=1S/C20H18N4O2S/c1-12-10-13(2)23-20(22-12)27-11-14-6-7-18(26-14)19(25)24-17-5-3-4-16-15(17)8-9-21-16/h3-10,21H,11H2,1-2H3,(H,24,25). The number of anilines is 1. The Kier molecular flexibility index (Phi) is 4.68. The van der Waals surface area contributed by atoms with Gasteiger partial charge in [0.15, 0.2) is 10.9 Å². The molecule has 3 heterocycles. The van der Waals surface area contributed by atoms with Gasteiger partial charge in [-0.25, -0.2) is 9.97 Å². The number of aryl methyl sites for hydroxylation is 2. The highest BCUT2D eigenvalue weighted by Gasteiger charge is 2.14. The summed E-state index contributed by atoms with van der Waals surface area (Å²) < 4.78 is 5.70. The number of rotatable bonds is 5. The van der Waals surface area contributed by atoms with E-state index in [0.717, 1.165) is 28.0 Å². The van der Waals surface area contributed by atoms with Gasteiger partial charge in [-0.05, 0) is 50.2 Å². The van der Waals surface area contributed by atoms with E-state index < -0.39 is 0 Å². The van der Waals surface area contributed by atoms with Crippen molar-refractivity contribution in [2.24, 2.45) is 0 Å². The monoisotopic (exact) mass is 378 g/mol. The second-order valence-corrected chi connectivity index (χ2v) is 7.13. The van der Waals surface area contributed by atoms with Crippen LogP contribution in [0.1, 0.15) is 27.7 Å². The van der Waals surface area contributed by atoms with Gasteiger partial charge in [-0.15, -0.1) is 0 Å².